The normalized spacial score (nSPS) is 12.3. The third kappa shape index (κ3) is 5.17. The Balaban J connectivity index is 2.39. The molecule has 0 radical (unpaired) electrons. The summed E-state index contributed by atoms with van der Waals surface area (Å²) in [6, 6.07) is 11.6. The Kier molecular flexibility index (Phi) is 6.78. The van der Waals surface area contributed by atoms with Gasteiger partial charge in [0.1, 0.15) is 11.8 Å². The fraction of sp³-hybridized carbons (Fsp3) is 0.316. The largest absolute Gasteiger partial charge is 0.495 e. The molecule has 2 aromatic carbocycles. The van der Waals surface area contributed by atoms with E-state index in [2.05, 4.69) is 5.32 Å². The second-order valence-corrected chi connectivity index (χ2v) is 8.87. The first kappa shape index (κ1) is 21.1. The van der Waals surface area contributed by atoms with Crippen molar-refractivity contribution in [3.63, 3.8) is 0 Å². The minimum Gasteiger partial charge on any atom is -0.495 e. The predicted molar refractivity (Wildman–Crippen MR) is 111 cm³/mol. The van der Waals surface area contributed by atoms with Crippen LogP contribution in [0.25, 0.3) is 0 Å². The molecule has 2 aromatic rings. The van der Waals surface area contributed by atoms with E-state index in [0.29, 0.717) is 17.1 Å². The number of nitrogens with one attached hydrogen (secondary N) is 1. The van der Waals surface area contributed by atoms with Crippen molar-refractivity contribution >= 4 is 39.1 Å². The molecule has 0 spiro atoms. The standard InChI is InChI=1S/C19H24N2O4S2/c1-13-9-10-18(25-3)17(11-13)21(27(5,23)24)14(2)19(22)20-15-7-6-8-16(12-15)26-4/h6-12,14H,1-5H3,(H,20,22)/t14-/m0/s1. The van der Waals surface area contributed by atoms with Crippen LogP contribution in [0.3, 0.4) is 0 Å². The number of aryl methyl sites for hydroxylation is 1. The second kappa shape index (κ2) is 8.67. The summed E-state index contributed by atoms with van der Waals surface area (Å²) in [5.41, 5.74) is 1.81. The van der Waals surface area contributed by atoms with Crippen molar-refractivity contribution in [2.75, 3.05) is 29.2 Å². The van der Waals surface area contributed by atoms with Gasteiger partial charge in [0.2, 0.25) is 15.9 Å². The minimum absolute atomic E-state index is 0.334. The number of ether oxygens (including phenoxy) is 1. The average Bonchev–Trinajstić information content (AvgIpc) is 2.61. The van der Waals surface area contributed by atoms with E-state index in [1.54, 1.807) is 36.9 Å². The maximum Gasteiger partial charge on any atom is 0.247 e. The van der Waals surface area contributed by atoms with Gasteiger partial charge in [-0.1, -0.05) is 12.1 Å². The maximum atomic E-state index is 12.8. The molecule has 8 heteroatoms. The summed E-state index contributed by atoms with van der Waals surface area (Å²) in [6.07, 6.45) is 3.02. The molecule has 0 aliphatic rings. The van der Waals surface area contributed by atoms with Gasteiger partial charge in [-0.25, -0.2) is 8.42 Å². The van der Waals surface area contributed by atoms with Gasteiger partial charge < -0.3 is 10.1 Å². The number of rotatable bonds is 7. The SMILES string of the molecule is COc1ccc(C)cc1N([C@@H](C)C(=O)Nc1cccc(SC)c1)S(C)(=O)=O. The van der Waals surface area contributed by atoms with Crippen molar-refractivity contribution in [3.05, 3.63) is 48.0 Å². The summed E-state index contributed by atoms with van der Waals surface area (Å²) in [7, 11) is -2.26. The lowest BCUT2D eigenvalue weighted by Gasteiger charge is -2.29. The number of anilines is 2. The first-order valence-electron chi connectivity index (χ1n) is 8.26. The molecule has 2 rings (SSSR count). The van der Waals surface area contributed by atoms with Crippen LogP contribution < -0.4 is 14.4 Å². The second-order valence-electron chi connectivity index (χ2n) is 6.13. The number of hydrogen-bond acceptors (Lipinski definition) is 5. The van der Waals surface area contributed by atoms with Crippen molar-refractivity contribution in [1.82, 2.24) is 0 Å². The van der Waals surface area contributed by atoms with E-state index >= 15 is 0 Å². The van der Waals surface area contributed by atoms with Gasteiger partial charge in [-0.05, 0) is 56.0 Å². The lowest BCUT2D eigenvalue weighted by atomic mass is 10.2. The number of carbonyl (C=O) groups is 1. The number of carbonyl (C=O) groups excluding carboxylic acids is 1. The Hall–Kier alpha value is -2.19. The van der Waals surface area contributed by atoms with E-state index in [-0.39, 0.29) is 0 Å². The van der Waals surface area contributed by atoms with Gasteiger partial charge in [0, 0.05) is 10.6 Å². The summed E-state index contributed by atoms with van der Waals surface area (Å²) >= 11 is 1.56. The molecule has 0 heterocycles. The first-order valence-corrected chi connectivity index (χ1v) is 11.3. The van der Waals surface area contributed by atoms with E-state index in [1.807, 2.05) is 37.4 Å². The molecule has 1 N–H and O–H groups in total. The summed E-state index contributed by atoms with van der Waals surface area (Å²) in [6.45, 7) is 3.40. The van der Waals surface area contributed by atoms with Gasteiger partial charge in [-0.2, -0.15) is 0 Å². The molecule has 0 bridgehead atoms. The lowest BCUT2D eigenvalue weighted by molar-refractivity contribution is -0.116. The first-order chi connectivity index (χ1) is 12.7. The third-order valence-corrected chi connectivity index (χ3v) is 5.95. The molecule has 0 saturated carbocycles. The molecule has 0 aliphatic carbocycles. The molecular weight excluding hydrogens is 384 g/mol. The number of amides is 1. The molecule has 6 nitrogen and oxygen atoms in total. The van der Waals surface area contributed by atoms with Crippen LogP contribution in [-0.4, -0.2) is 40.0 Å². The number of thioether (sulfide) groups is 1. The number of methoxy groups -OCH3 is 1. The van der Waals surface area contributed by atoms with Crippen molar-refractivity contribution in [1.29, 1.82) is 0 Å². The highest BCUT2D eigenvalue weighted by molar-refractivity contribution is 7.98. The Morgan fingerprint density at radius 2 is 1.93 bits per heavy atom. The van der Waals surface area contributed by atoms with Gasteiger partial charge in [0.05, 0.1) is 19.1 Å². The van der Waals surface area contributed by atoms with Crippen LogP contribution in [0.5, 0.6) is 5.75 Å². The molecule has 0 saturated heterocycles. The minimum atomic E-state index is -3.73. The number of benzene rings is 2. The van der Waals surface area contributed by atoms with Gasteiger partial charge in [0.25, 0.3) is 0 Å². The van der Waals surface area contributed by atoms with E-state index in [9.17, 15) is 13.2 Å². The Morgan fingerprint density at radius 3 is 2.52 bits per heavy atom. The molecule has 1 amide bonds. The molecule has 27 heavy (non-hydrogen) atoms. The Bertz CT molecular complexity index is 929. The Labute approximate surface area is 165 Å². The van der Waals surface area contributed by atoms with Crippen LogP contribution in [-0.2, 0) is 14.8 Å². The highest BCUT2D eigenvalue weighted by Crippen LogP contribution is 2.33. The molecule has 0 unspecified atom stereocenters. The zero-order valence-corrected chi connectivity index (χ0v) is 17.6. The van der Waals surface area contributed by atoms with Crippen molar-refractivity contribution in [3.8, 4) is 5.75 Å². The van der Waals surface area contributed by atoms with Crippen LogP contribution >= 0.6 is 11.8 Å². The van der Waals surface area contributed by atoms with E-state index in [0.717, 1.165) is 21.0 Å². The van der Waals surface area contributed by atoms with Crippen molar-refractivity contribution in [2.24, 2.45) is 0 Å². The highest BCUT2D eigenvalue weighted by atomic mass is 32.2. The van der Waals surface area contributed by atoms with Crippen molar-refractivity contribution in [2.45, 2.75) is 24.8 Å². The van der Waals surface area contributed by atoms with Crippen LogP contribution in [0.2, 0.25) is 0 Å². The van der Waals surface area contributed by atoms with Crippen LogP contribution in [0.4, 0.5) is 11.4 Å². The number of nitrogens with zero attached hydrogens (tertiary/aromatic N) is 1. The summed E-state index contributed by atoms with van der Waals surface area (Å²) in [4.78, 5) is 13.8. The van der Waals surface area contributed by atoms with E-state index in [4.69, 9.17) is 4.74 Å². The number of sulfonamides is 1. The van der Waals surface area contributed by atoms with Crippen LogP contribution in [0, 0.1) is 6.92 Å². The van der Waals surface area contributed by atoms with Gasteiger partial charge in [-0.3, -0.25) is 9.10 Å². The van der Waals surface area contributed by atoms with Crippen molar-refractivity contribution < 1.29 is 17.9 Å². The van der Waals surface area contributed by atoms with Gasteiger partial charge in [-0.15, -0.1) is 11.8 Å². The Morgan fingerprint density at radius 1 is 1.22 bits per heavy atom. The van der Waals surface area contributed by atoms with E-state index in [1.165, 1.54) is 7.11 Å². The van der Waals surface area contributed by atoms with Crippen LogP contribution in [0.15, 0.2) is 47.4 Å². The predicted octanol–water partition coefficient (Wildman–Crippen LogP) is 3.52. The monoisotopic (exact) mass is 408 g/mol. The summed E-state index contributed by atoms with van der Waals surface area (Å²) in [5, 5.41) is 2.79. The quantitative estimate of drug-likeness (QED) is 0.710. The number of hydrogen-bond donors (Lipinski definition) is 1. The average molecular weight is 409 g/mol. The van der Waals surface area contributed by atoms with Gasteiger partial charge in [0.15, 0.2) is 0 Å². The molecule has 1 atom stereocenters. The third-order valence-electron chi connectivity index (χ3n) is 4.00. The highest BCUT2D eigenvalue weighted by Gasteiger charge is 2.31. The molecule has 0 aromatic heterocycles. The fourth-order valence-electron chi connectivity index (χ4n) is 2.70. The zero-order chi connectivity index (χ0) is 20.2. The molecular formula is C19H24N2O4S2. The molecule has 0 aliphatic heterocycles. The molecule has 0 fully saturated rings. The summed E-state index contributed by atoms with van der Waals surface area (Å²) < 4.78 is 31.4. The summed E-state index contributed by atoms with van der Waals surface area (Å²) in [5.74, 6) is -0.0442. The van der Waals surface area contributed by atoms with E-state index < -0.39 is 22.0 Å². The molecule has 146 valence electrons. The lowest BCUT2D eigenvalue weighted by Crippen LogP contribution is -2.45. The van der Waals surface area contributed by atoms with Gasteiger partial charge >= 0.3 is 0 Å². The topological polar surface area (TPSA) is 75.7 Å². The zero-order valence-electron chi connectivity index (χ0n) is 16.0. The maximum absolute atomic E-state index is 12.8. The smallest absolute Gasteiger partial charge is 0.247 e. The fourth-order valence-corrected chi connectivity index (χ4v) is 4.33. The van der Waals surface area contributed by atoms with Crippen LogP contribution in [0.1, 0.15) is 12.5 Å².